The first-order valence-electron chi connectivity index (χ1n) is 8.92. The minimum Gasteiger partial charge on any atom is -0.411 e. The molecule has 0 N–H and O–H groups in total. The van der Waals surface area contributed by atoms with Gasteiger partial charge >= 0.3 is 0 Å². The van der Waals surface area contributed by atoms with Crippen molar-refractivity contribution in [2.75, 3.05) is 0 Å². The summed E-state index contributed by atoms with van der Waals surface area (Å²) in [5.41, 5.74) is 0. The molecule has 4 heteroatoms. The van der Waals surface area contributed by atoms with Gasteiger partial charge in [-0.15, -0.1) is 0 Å². The lowest BCUT2D eigenvalue weighted by Gasteiger charge is -2.43. The van der Waals surface area contributed by atoms with Crippen LogP contribution in [-0.4, -0.2) is 28.8 Å². The van der Waals surface area contributed by atoms with Crippen LogP contribution in [0.1, 0.15) is 61.3 Å². The lowest BCUT2D eigenvalue weighted by molar-refractivity contribution is 0.0585. The van der Waals surface area contributed by atoms with Crippen molar-refractivity contribution >= 4 is 16.6 Å². The van der Waals surface area contributed by atoms with Gasteiger partial charge in [-0.1, -0.05) is 48.5 Å². The van der Waals surface area contributed by atoms with Gasteiger partial charge < -0.3 is 8.85 Å². The zero-order valence-corrected chi connectivity index (χ0v) is 19.0. The second-order valence-electron chi connectivity index (χ2n) is 10.4. The van der Waals surface area contributed by atoms with Crippen LogP contribution >= 0.6 is 0 Å². The summed E-state index contributed by atoms with van der Waals surface area (Å²) in [6.07, 6.45) is 2.91. The molecule has 0 aromatic heterocycles. The molecular formula is C18H40O2Si2. The fourth-order valence-corrected chi connectivity index (χ4v) is 5.27. The van der Waals surface area contributed by atoms with E-state index in [4.69, 9.17) is 8.85 Å². The molecule has 2 unspecified atom stereocenters. The molecule has 1 aliphatic carbocycles. The van der Waals surface area contributed by atoms with Crippen LogP contribution in [0.4, 0.5) is 0 Å². The molecule has 0 spiro atoms. The summed E-state index contributed by atoms with van der Waals surface area (Å²) in [7, 11) is -3.45. The van der Waals surface area contributed by atoms with Crippen molar-refractivity contribution in [3.8, 4) is 0 Å². The van der Waals surface area contributed by atoms with E-state index in [1.165, 1.54) is 0 Å². The molecular weight excluding hydrogens is 304 g/mol. The Kier molecular flexibility index (Phi) is 5.88. The minimum atomic E-state index is -1.73. The molecule has 2 nitrogen and oxygen atoms in total. The Balaban J connectivity index is 2.87. The van der Waals surface area contributed by atoms with E-state index in [1.807, 2.05) is 0 Å². The molecule has 2 atom stereocenters. The Morgan fingerprint density at radius 2 is 0.955 bits per heavy atom. The third kappa shape index (κ3) is 4.68. The maximum Gasteiger partial charge on any atom is 0.192 e. The lowest BCUT2D eigenvalue weighted by atomic mass is 10.1. The van der Waals surface area contributed by atoms with Crippen molar-refractivity contribution in [2.24, 2.45) is 5.92 Å². The van der Waals surface area contributed by atoms with Crippen molar-refractivity contribution in [3.05, 3.63) is 0 Å². The first-order chi connectivity index (χ1) is 9.57. The fraction of sp³-hybridized carbons (Fsp3) is 1.00. The van der Waals surface area contributed by atoms with Gasteiger partial charge in [-0.25, -0.2) is 0 Å². The Bertz CT molecular complexity index is 342. The summed E-state index contributed by atoms with van der Waals surface area (Å²) in [5, 5.41) is 0.528. The van der Waals surface area contributed by atoms with E-state index in [9.17, 15) is 0 Å². The van der Waals surface area contributed by atoms with Crippen LogP contribution in [-0.2, 0) is 8.85 Å². The topological polar surface area (TPSA) is 18.5 Å². The standard InChI is InChI=1S/C18H40O2Si2/c1-14-12-15(19-21(8,9)17(2,3)4)16(13-14)20-22(10,11)18(5,6)7/h14-16H,12-13H2,1-11H3. The van der Waals surface area contributed by atoms with Crippen molar-refractivity contribution in [2.45, 2.75) is 110 Å². The van der Waals surface area contributed by atoms with Crippen LogP contribution in [0.25, 0.3) is 0 Å². The highest BCUT2D eigenvalue weighted by molar-refractivity contribution is 6.74. The number of rotatable bonds is 4. The largest absolute Gasteiger partial charge is 0.411 e. The van der Waals surface area contributed by atoms with Crippen LogP contribution in [0.2, 0.25) is 36.3 Å². The maximum atomic E-state index is 6.74. The average molecular weight is 345 g/mol. The molecule has 0 aliphatic heterocycles. The highest BCUT2D eigenvalue weighted by atomic mass is 28.4. The van der Waals surface area contributed by atoms with Crippen LogP contribution in [0.5, 0.6) is 0 Å². The predicted octanol–water partition coefficient (Wildman–Crippen LogP) is 6.20. The van der Waals surface area contributed by atoms with Gasteiger partial charge in [-0.05, 0) is 55.0 Å². The maximum absolute atomic E-state index is 6.74. The molecule has 0 bridgehead atoms. The summed E-state index contributed by atoms with van der Waals surface area (Å²) >= 11 is 0. The average Bonchev–Trinajstić information content (AvgIpc) is 2.53. The molecule has 132 valence electrons. The van der Waals surface area contributed by atoms with E-state index in [0.717, 1.165) is 12.8 Å². The van der Waals surface area contributed by atoms with E-state index in [1.54, 1.807) is 0 Å². The van der Waals surface area contributed by atoms with Gasteiger partial charge in [0.25, 0.3) is 0 Å². The molecule has 0 radical (unpaired) electrons. The summed E-state index contributed by atoms with van der Waals surface area (Å²) in [4.78, 5) is 0. The van der Waals surface area contributed by atoms with E-state index in [0.29, 0.717) is 18.1 Å². The SMILES string of the molecule is CC1CC(O[Si](C)(C)C(C)(C)C)C(O[Si](C)(C)C(C)(C)C)C1. The second-order valence-corrected chi connectivity index (χ2v) is 19.9. The fourth-order valence-electron chi connectivity index (χ4n) is 2.55. The zero-order valence-electron chi connectivity index (χ0n) is 17.0. The Morgan fingerprint density at radius 1 is 0.682 bits per heavy atom. The van der Waals surface area contributed by atoms with E-state index >= 15 is 0 Å². The molecule has 0 amide bonds. The molecule has 0 aromatic rings. The normalized spacial score (nSPS) is 28.2. The predicted molar refractivity (Wildman–Crippen MR) is 103 cm³/mol. The quantitative estimate of drug-likeness (QED) is 0.565. The Labute approximate surface area is 141 Å². The Morgan fingerprint density at radius 3 is 1.18 bits per heavy atom. The van der Waals surface area contributed by atoms with Crippen LogP contribution in [0.15, 0.2) is 0 Å². The number of hydrogen-bond donors (Lipinski definition) is 0. The first-order valence-corrected chi connectivity index (χ1v) is 14.7. The van der Waals surface area contributed by atoms with Crippen LogP contribution in [0, 0.1) is 5.92 Å². The lowest BCUT2D eigenvalue weighted by Crippen LogP contribution is -2.50. The summed E-state index contributed by atoms with van der Waals surface area (Å²) in [6.45, 7) is 25.7. The monoisotopic (exact) mass is 344 g/mol. The van der Waals surface area contributed by atoms with Crippen LogP contribution in [0.3, 0.4) is 0 Å². The molecule has 0 heterocycles. The molecule has 1 rings (SSSR count). The number of hydrogen-bond acceptors (Lipinski definition) is 2. The minimum absolute atomic E-state index is 0.264. The molecule has 0 saturated heterocycles. The summed E-state index contributed by atoms with van der Waals surface area (Å²) in [6, 6.07) is 0. The smallest absolute Gasteiger partial charge is 0.192 e. The van der Waals surface area contributed by atoms with E-state index in [-0.39, 0.29) is 10.1 Å². The third-order valence-electron chi connectivity index (χ3n) is 6.19. The van der Waals surface area contributed by atoms with Gasteiger partial charge in [0, 0.05) is 0 Å². The second kappa shape index (κ2) is 6.34. The van der Waals surface area contributed by atoms with Crippen molar-refractivity contribution in [3.63, 3.8) is 0 Å². The van der Waals surface area contributed by atoms with Gasteiger partial charge in [0.15, 0.2) is 16.6 Å². The third-order valence-corrected chi connectivity index (χ3v) is 15.2. The van der Waals surface area contributed by atoms with Crippen molar-refractivity contribution in [1.82, 2.24) is 0 Å². The van der Waals surface area contributed by atoms with Crippen molar-refractivity contribution in [1.29, 1.82) is 0 Å². The van der Waals surface area contributed by atoms with Gasteiger partial charge in [-0.3, -0.25) is 0 Å². The Hall–Kier alpha value is 0.354. The van der Waals surface area contributed by atoms with Gasteiger partial charge in [-0.2, -0.15) is 0 Å². The summed E-state index contributed by atoms with van der Waals surface area (Å²) in [5.74, 6) is 0.713. The highest BCUT2D eigenvalue weighted by Gasteiger charge is 2.47. The molecule has 1 aliphatic rings. The van der Waals surface area contributed by atoms with Gasteiger partial charge in [0.05, 0.1) is 12.2 Å². The first kappa shape index (κ1) is 20.4. The highest BCUT2D eigenvalue weighted by Crippen LogP contribution is 2.44. The van der Waals surface area contributed by atoms with Crippen LogP contribution < -0.4 is 0 Å². The summed E-state index contributed by atoms with van der Waals surface area (Å²) < 4.78 is 13.5. The molecule has 22 heavy (non-hydrogen) atoms. The molecule has 0 aromatic carbocycles. The van der Waals surface area contributed by atoms with Crippen molar-refractivity contribution < 1.29 is 8.85 Å². The van der Waals surface area contributed by atoms with Gasteiger partial charge in [0.1, 0.15) is 0 Å². The van der Waals surface area contributed by atoms with Gasteiger partial charge in [0.2, 0.25) is 0 Å². The van der Waals surface area contributed by atoms with E-state index in [2.05, 4.69) is 74.7 Å². The van der Waals surface area contributed by atoms with E-state index < -0.39 is 16.6 Å². The molecule has 1 fully saturated rings. The molecule has 1 saturated carbocycles. The zero-order chi connectivity index (χ0) is 17.6.